The molecule has 0 heterocycles. The highest BCUT2D eigenvalue weighted by Crippen LogP contribution is 2.28. The third-order valence-corrected chi connectivity index (χ3v) is 2.88. The molecule has 82 valence electrons. The molecule has 0 aromatic heterocycles. The van der Waals surface area contributed by atoms with Crippen molar-refractivity contribution in [2.24, 2.45) is 0 Å². The van der Waals surface area contributed by atoms with Crippen molar-refractivity contribution < 1.29 is 4.39 Å². The quantitative estimate of drug-likeness (QED) is 0.742. The van der Waals surface area contributed by atoms with Crippen molar-refractivity contribution >= 4 is 17.3 Å². The molecular formula is C13H11ClFN. The average molecular weight is 236 g/mol. The first-order valence-electron chi connectivity index (χ1n) is 4.89. The van der Waals surface area contributed by atoms with Crippen LogP contribution in [-0.2, 0) is 0 Å². The summed E-state index contributed by atoms with van der Waals surface area (Å²) < 4.78 is 13.6. The maximum atomic E-state index is 13.6. The molecule has 0 aliphatic rings. The summed E-state index contributed by atoms with van der Waals surface area (Å²) in [6, 6.07) is 9.94. The van der Waals surface area contributed by atoms with Crippen LogP contribution < -0.4 is 5.73 Å². The van der Waals surface area contributed by atoms with Crippen LogP contribution >= 0.6 is 11.6 Å². The molecule has 3 heteroatoms. The minimum absolute atomic E-state index is 0.297. The Morgan fingerprint density at radius 3 is 2.56 bits per heavy atom. The van der Waals surface area contributed by atoms with Crippen molar-refractivity contribution in [1.29, 1.82) is 0 Å². The van der Waals surface area contributed by atoms with Crippen LogP contribution in [0.25, 0.3) is 11.1 Å². The lowest BCUT2D eigenvalue weighted by Crippen LogP contribution is -1.90. The Kier molecular flexibility index (Phi) is 2.84. The van der Waals surface area contributed by atoms with Crippen LogP contribution in [0.15, 0.2) is 36.4 Å². The third-order valence-electron chi connectivity index (χ3n) is 2.47. The largest absolute Gasteiger partial charge is 0.399 e. The zero-order chi connectivity index (χ0) is 11.7. The van der Waals surface area contributed by atoms with Gasteiger partial charge in [-0.25, -0.2) is 4.39 Å². The number of nitrogens with two attached hydrogens (primary N) is 1. The van der Waals surface area contributed by atoms with E-state index in [0.717, 1.165) is 11.1 Å². The summed E-state index contributed by atoms with van der Waals surface area (Å²) in [5.41, 5.74) is 8.35. The highest BCUT2D eigenvalue weighted by atomic mass is 35.5. The lowest BCUT2D eigenvalue weighted by Gasteiger charge is -2.06. The fourth-order valence-electron chi connectivity index (χ4n) is 1.52. The van der Waals surface area contributed by atoms with E-state index in [0.29, 0.717) is 16.3 Å². The molecule has 0 fully saturated rings. The van der Waals surface area contributed by atoms with Gasteiger partial charge in [-0.3, -0.25) is 0 Å². The van der Waals surface area contributed by atoms with E-state index >= 15 is 0 Å². The summed E-state index contributed by atoms with van der Waals surface area (Å²) in [7, 11) is 0. The molecule has 0 unspecified atom stereocenters. The van der Waals surface area contributed by atoms with Crippen molar-refractivity contribution in [3.8, 4) is 11.1 Å². The van der Waals surface area contributed by atoms with E-state index < -0.39 is 0 Å². The normalized spacial score (nSPS) is 10.4. The molecule has 0 spiro atoms. The molecule has 0 radical (unpaired) electrons. The lowest BCUT2D eigenvalue weighted by atomic mass is 10.0. The smallest absolute Gasteiger partial charge is 0.131 e. The van der Waals surface area contributed by atoms with Crippen LogP contribution in [0.4, 0.5) is 10.1 Å². The minimum Gasteiger partial charge on any atom is -0.399 e. The monoisotopic (exact) mass is 235 g/mol. The number of nitrogen functional groups attached to an aromatic ring is 1. The van der Waals surface area contributed by atoms with Gasteiger partial charge in [0.2, 0.25) is 0 Å². The Labute approximate surface area is 98.7 Å². The van der Waals surface area contributed by atoms with Gasteiger partial charge in [-0.15, -0.1) is 0 Å². The van der Waals surface area contributed by atoms with Crippen LogP contribution in [0, 0.1) is 12.7 Å². The van der Waals surface area contributed by atoms with Gasteiger partial charge >= 0.3 is 0 Å². The summed E-state index contributed by atoms with van der Waals surface area (Å²) in [5.74, 6) is -0.297. The zero-order valence-corrected chi connectivity index (χ0v) is 9.55. The topological polar surface area (TPSA) is 26.0 Å². The second-order valence-electron chi connectivity index (χ2n) is 3.70. The maximum absolute atomic E-state index is 13.6. The number of rotatable bonds is 1. The molecule has 0 atom stereocenters. The lowest BCUT2D eigenvalue weighted by molar-refractivity contribution is 0.631. The van der Waals surface area contributed by atoms with Gasteiger partial charge in [0, 0.05) is 16.3 Å². The van der Waals surface area contributed by atoms with Crippen molar-refractivity contribution in [2.45, 2.75) is 6.92 Å². The Balaban J connectivity index is 2.58. The Morgan fingerprint density at radius 2 is 1.88 bits per heavy atom. The SMILES string of the molecule is Cc1ccc(-c2cc(N)ccc2F)cc1Cl. The molecule has 2 rings (SSSR count). The van der Waals surface area contributed by atoms with Crippen LogP contribution in [0.3, 0.4) is 0 Å². The van der Waals surface area contributed by atoms with Gasteiger partial charge in [-0.1, -0.05) is 23.7 Å². The molecule has 0 bridgehead atoms. The van der Waals surface area contributed by atoms with Gasteiger partial charge in [-0.05, 0) is 42.3 Å². The van der Waals surface area contributed by atoms with E-state index in [-0.39, 0.29) is 5.82 Å². The van der Waals surface area contributed by atoms with E-state index in [1.807, 2.05) is 19.1 Å². The van der Waals surface area contributed by atoms with Crippen LogP contribution in [0.5, 0.6) is 0 Å². The molecule has 0 saturated carbocycles. The molecule has 2 aromatic carbocycles. The van der Waals surface area contributed by atoms with Gasteiger partial charge in [0.1, 0.15) is 5.82 Å². The number of aryl methyl sites for hydroxylation is 1. The molecule has 1 nitrogen and oxygen atoms in total. The highest BCUT2D eigenvalue weighted by Gasteiger charge is 2.06. The fourth-order valence-corrected chi connectivity index (χ4v) is 1.71. The van der Waals surface area contributed by atoms with Gasteiger partial charge in [0.15, 0.2) is 0 Å². The number of hydrogen-bond acceptors (Lipinski definition) is 1. The number of hydrogen-bond donors (Lipinski definition) is 1. The first-order valence-corrected chi connectivity index (χ1v) is 5.27. The standard InChI is InChI=1S/C13H11ClFN/c1-8-2-3-9(6-12(8)14)11-7-10(16)4-5-13(11)15/h2-7H,16H2,1H3. The molecule has 2 aromatic rings. The van der Waals surface area contributed by atoms with E-state index in [1.165, 1.54) is 12.1 Å². The van der Waals surface area contributed by atoms with E-state index in [2.05, 4.69) is 0 Å². The van der Waals surface area contributed by atoms with Crippen molar-refractivity contribution in [3.63, 3.8) is 0 Å². The first-order chi connectivity index (χ1) is 7.58. The molecule has 0 aliphatic carbocycles. The van der Waals surface area contributed by atoms with Crippen molar-refractivity contribution in [3.05, 3.63) is 52.8 Å². The van der Waals surface area contributed by atoms with Crippen LogP contribution in [0.1, 0.15) is 5.56 Å². The molecule has 16 heavy (non-hydrogen) atoms. The second-order valence-corrected chi connectivity index (χ2v) is 4.11. The number of halogens is 2. The van der Waals surface area contributed by atoms with E-state index in [1.54, 1.807) is 12.1 Å². The van der Waals surface area contributed by atoms with Crippen molar-refractivity contribution in [1.82, 2.24) is 0 Å². The predicted molar refractivity (Wildman–Crippen MR) is 66.0 cm³/mol. The summed E-state index contributed by atoms with van der Waals surface area (Å²) in [6.07, 6.45) is 0. The van der Waals surface area contributed by atoms with Gasteiger partial charge in [-0.2, -0.15) is 0 Å². The van der Waals surface area contributed by atoms with Crippen molar-refractivity contribution in [2.75, 3.05) is 5.73 Å². The molecule has 0 aliphatic heterocycles. The Morgan fingerprint density at radius 1 is 1.12 bits per heavy atom. The van der Waals surface area contributed by atoms with Gasteiger partial charge < -0.3 is 5.73 Å². The summed E-state index contributed by atoms with van der Waals surface area (Å²) in [6.45, 7) is 1.90. The minimum atomic E-state index is -0.297. The summed E-state index contributed by atoms with van der Waals surface area (Å²) in [5, 5.41) is 0.624. The molecular weight excluding hydrogens is 225 g/mol. The van der Waals surface area contributed by atoms with Gasteiger partial charge in [0.25, 0.3) is 0 Å². The highest BCUT2D eigenvalue weighted by molar-refractivity contribution is 6.31. The zero-order valence-electron chi connectivity index (χ0n) is 8.80. The second kappa shape index (κ2) is 4.14. The molecule has 0 saturated heterocycles. The fraction of sp³-hybridized carbons (Fsp3) is 0.0769. The third kappa shape index (κ3) is 2.02. The van der Waals surface area contributed by atoms with Crippen LogP contribution in [-0.4, -0.2) is 0 Å². The molecule has 2 N–H and O–H groups in total. The van der Waals surface area contributed by atoms with E-state index in [4.69, 9.17) is 17.3 Å². The summed E-state index contributed by atoms with van der Waals surface area (Å²) >= 11 is 6.00. The van der Waals surface area contributed by atoms with Crippen LogP contribution in [0.2, 0.25) is 5.02 Å². The Hall–Kier alpha value is -1.54. The Bertz CT molecular complexity index is 537. The number of benzene rings is 2. The van der Waals surface area contributed by atoms with Gasteiger partial charge in [0.05, 0.1) is 0 Å². The number of anilines is 1. The predicted octanol–water partition coefficient (Wildman–Crippen LogP) is 4.04. The molecule has 0 amide bonds. The summed E-state index contributed by atoms with van der Waals surface area (Å²) in [4.78, 5) is 0. The first kappa shape index (κ1) is 11.0. The van der Waals surface area contributed by atoms with E-state index in [9.17, 15) is 4.39 Å². The average Bonchev–Trinajstić information content (AvgIpc) is 2.26. The maximum Gasteiger partial charge on any atom is 0.131 e.